The lowest BCUT2D eigenvalue weighted by Crippen LogP contribution is -2.38. The summed E-state index contributed by atoms with van der Waals surface area (Å²) in [5.41, 5.74) is 7.54. The lowest BCUT2D eigenvalue weighted by molar-refractivity contribution is 0.457. The Morgan fingerprint density at radius 1 is 1.29 bits per heavy atom. The summed E-state index contributed by atoms with van der Waals surface area (Å²) in [5.74, 6) is 0. The van der Waals surface area contributed by atoms with Crippen molar-refractivity contribution in [2.75, 3.05) is 13.6 Å². The minimum Gasteiger partial charge on any atom is -0.329 e. The highest BCUT2D eigenvalue weighted by Crippen LogP contribution is 2.11. The van der Waals surface area contributed by atoms with Gasteiger partial charge in [0.05, 0.1) is 5.25 Å². The lowest BCUT2D eigenvalue weighted by atomic mass is 10.1. The van der Waals surface area contributed by atoms with Crippen LogP contribution < -0.4 is 5.73 Å². The van der Waals surface area contributed by atoms with E-state index in [0.29, 0.717) is 6.54 Å². The SMILES string of the molecule is Cc1ccc(CN(C)S(=O)(=O)C(C)CN)cc1. The lowest BCUT2D eigenvalue weighted by Gasteiger charge is -2.21. The highest BCUT2D eigenvalue weighted by atomic mass is 32.2. The highest BCUT2D eigenvalue weighted by Gasteiger charge is 2.24. The van der Waals surface area contributed by atoms with E-state index in [1.54, 1.807) is 14.0 Å². The van der Waals surface area contributed by atoms with Crippen molar-refractivity contribution in [3.05, 3.63) is 35.4 Å². The third-order valence-electron chi connectivity index (χ3n) is 2.80. The Labute approximate surface area is 103 Å². The van der Waals surface area contributed by atoms with E-state index in [2.05, 4.69) is 0 Å². The summed E-state index contributed by atoms with van der Waals surface area (Å²) in [5, 5.41) is -0.544. The van der Waals surface area contributed by atoms with Gasteiger partial charge in [0.25, 0.3) is 0 Å². The van der Waals surface area contributed by atoms with Crippen molar-refractivity contribution in [2.45, 2.75) is 25.6 Å². The fraction of sp³-hybridized carbons (Fsp3) is 0.500. The van der Waals surface area contributed by atoms with Crippen LogP contribution in [0.15, 0.2) is 24.3 Å². The Morgan fingerprint density at radius 3 is 2.29 bits per heavy atom. The van der Waals surface area contributed by atoms with Gasteiger partial charge < -0.3 is 5.73 Å². The van der Waals surface area contributed by atoms with Crippen molar-refractivity contribution >= 4 is 10.0 Å². The number of sulfonamides is 1. The average Bonchev–Trinajstić information content (AvgIpc) is 2.30. The van der Waals surface area contributed by atoms with Gasteiger partial charge in [-0.15, -0.1) is 0 Å². The van der Waals surface area contributed by atoms with Crippen LogP contribution in [-0.2, 0) is 16.6 Å². The number of nitrogens with two attached hydrogens (primary N) is 1. The molecule has 0 saturated heterocycles. The molecule has 0 aliphatic carbocycles. The zero-order valence-electron chi connectivity index (χ0n) is 10.6. The van der Waals surface area contributed by atoms with E-state index in [1.807, 2.05) is 31.2 Å². The number of nitrogens with zero attached hydrogens (tertiary/aromatic N) is 1. The van der Waals surface area contributed by atoms with E-state index in [1.165, 1.54) is 4.31 Å². The molecule has 4 nitrogen and oxygen atoms in total. The summed E-state index contributed by atoms with van der Waals surface area (Å²) in [4.78, 5) is 0. The molecule has 0 radical (unpaired) electrons. The molecule has 5 heteroatoms. The van der Waals surface area contributed by atoms with Crippen LogP contribution in [0.4, 0.5) is 0 Å². The Balaban J connectivity index is 2.79. The van der Waals surface area contributed by atoms with E-state index in [4.69, 9.17) is 5.73 Å². The van der Waals surface area contributed by atoms with Crippen LogP contribution >= 0.6 is 0 Å². The molecule has 0 fully saturated rings. The van der Waals surface area contributed by atoms with Crippen LogP contribution in [0.1, 0.15) is 18.1 Å². The van der Waals surface area contributed by atoms with Crippen LogP contribution in [-0.4, -0.2) is 31.6 Å². The summed E-state index contributed by atoms with van der Waals surface area (Å²) < 4.78 is 25.3. The summed E-state index contributed by atoms with van der Waals surface area (Å²) in [6.45, 7) is 4.15. The number of aryl methyl sites for hydroxylation is 1. The standard InChI is InChI=1S/C12H20N2O2S/c1-10-4-6-12(7-5-10)9-14(3)17(15,16)11(2)8-13/h4-7,11H,8-9,13H2,1-3H3. The summed E-state index contributed by atoms with van der Waals surface area (Å²) in [6, 6.07) is 7.83. The Morgan fingerprint density at radius 2 is 1.82 bits per heavy atom. The second-order valence-corrected chi connectivity index (χ2v) is 6.79. The summed E-state index contributed by atoms with van der Waals surface area (Å²) in [6.07, 6.45) is 0. The second kappa shape index (κ2) is 5.62. The number of hydrogen-bond donors (Lipinski definition) is 1. The van der Waals surface area contributed by atoms with Crippen molar-refractivity contribution in [3.63, 3.8) is 0 Å². The van der Waals surface area contributed by atoms with Gasteiger partial charge >= 0.3 is 0 Å². The predicted octanol–water partition coefficient (Wildman–Crippen LogP) is 1.10. The zero-order valence-corrected chi connectivity index (χ0v) is 11.4. The van der Waals surface area contributed by atoms with Crippen molar-refractivity contribution in [1.29, 1.82) is 0 Å². The Hall–Kier alpha value is -0.910. The van der Waals surface area contributed by atoms with Crippen LogP contribution in [0.5, 0.6) is 0 Å². The molecule has 17 heavy (non-hydrogen) atoms. The quantitative estimate of drug-likeness (QED) is 0.858. The van der Waals surface area contributed by atoms with Crippen molar-refractivity contribution in [3.8, 4) is 0 Å². The highest BCUT2D eigenvalue weighted by molar-refractivity contribution is 7.89. The van der Waals surface area contributed by atoms with Gasteiger partial charge in [0.1, 0.15) is 0 Å². The molecule has 1 atom stereocenters. The molecule has 0 heterocycles. The van der Waals surface area contributed by atoms with E-state index in [0.717, 1.165) is 11.1 Å². The molecule has 0 saturated carbocycles. The maximum Gasteiger partial charge on any atom is 0.218 e. The van der Waals surface area contributed by atoms with Crippen LogP contribution in [0.3, 0.4) is 0 Å². The topological polar surface area (TPSA) is 63.4 Å². The number of hydrogen-bond acceptors (Lipinski definition) is 3. The van der Waals surface area contributed by atoms with Gasteiger partial charge in [0.2, 0.25) is 10.0 Å². The minimum absolute atomic E-state index is 0.139. The van der Waals surface area contributed by atoms with Gasteiger partial charge in [0, 0.05) is 20.1 Å². The Bertz CT molecular complexity index is 454. The average molecular weight is 256 g/mol. The van der Waals surface area contributed by atoms with Gasteiger partial charge in [-0.25, -0.2) is 12.7 Å². The molecule has 0 aromatic heterocycles. The van der Waals surface area contributed by atoms with Crippen molar-refractivity contribution < 1.29 is 8.42 Å². The fourth-order valence-electron chi connectivity index (χ4n) is 1.47. The zero-order chi connectivity index (χ0) is 13.1. The molecule has 0 bridgehead atoms. The first-order chi connectivity index (χ1) is 7.87. The van der Waals surface area contributed by atoms with E-state index in [-0.39, 0.29) is 6.54 Å². The molecule has 0 aliphatic rings. The molecule has 1 unspecified atom stereocenters. The van der Waals surface area contributed by atoms with Gasteiger partial charge in [-0.2, -0.15) is 0 Å². The van der Waals surface area contributed by atoms with Crippen LogP contribution in [0.25, 0.3) is 0 Å². The number of benzene rings is 1. The normalized spacial score (nSPS) is 13.9. The van der Waals surface area contributed by atoms with Crippen LogP contribution in [0, 0.1) is 6.92 Å². The van der Waals surface area contributed by atoms with Gasteiger partial charge in [-0.3, -0.25) is 0 Å². The molecular formula is C12H20N2O2S. The molecule has 1 aromatic carbocycles. The first-order valence-electron chi connectivity index (χ1n) is 5.58. The predicted molar refractivity (Wildman–Crippen MR) is 70.1 cm³/mol. The third kappa shape index (κ3) is 3.52. The van der Waals surface area contributed by atoms with E-state index in [9.17, 15) is 8.42 Å². The monoisotopic (exact) mass is 256 g/mol. The fourth-order valence-corrected chi connectivity index (χ4v) is 2.66. The van der Waals surface area contributed by atoms with Crippen molar-refractivity contribution in [1.82, 2.24) is 4.31 Å². The molecule has 2 N–H and O–H groups in total. The molecule has 0 amide bonds. The summed E-state index contributed by atoms with van der Waals surface area (Å²) in [7, 11) is -1.70. The molecular weight excluding hydrogens is 236 g/mol. The maximum atomic E-state index is 12.0. The maximum absolute atomic E-state index is 12.0. The molecule has 96 valence electrons. The number of rotatable bonds is 5. The largest absolute Gasteiger partial charge is 0.329 e. The molecule has 0 spiro atoms. The van der Waals surface area contributed by atoms with Crippen LogP contribution in [0.2, 0.25) is 0 Å². The molecule has 1 aromatic rings. The van der Waals surface area contributed by atoms with E-state index < -0.39 is 15.3 Å². The first-order valence-corrected chi connectivity index (χ1v) is 7.09. The molecule has 0 aliphatic heterocycles. The minimum atomic E-state index is -3.29. The Kier molecular flexibility index (Phi) is 4.68. The van der Waals surface area contributed by atoms with Gasteiger partial charge in [-0.05, 0) is 19.4 Å². The first kappa shape index (κ1) is 14.2. The molecule has 1 rings (SSSR count). The van der Waals surface area contributed by atoms with Gasteiger partial charge in [0.15, 0.2) is 0 Å². The smallest absolute Gasteiger partial charge is 0.218 e. The van der Waals surface area contributed by atoms with Gasteiger partial charge in [-0.1, -0.05) is 29.8 Å². The van der Waals surface area contributed by atoms with Crippen molar-refractivity contribution in [2.24, 2.45) is 5.73 Å². The summed E-state index contributed by atoms with van der Waals surface area (Å²) >= 11 is 0. The van der Waals surface area contributed by atoms with E-state index >= 15 is 0 Å². The second-order valence-electron chi connectivity index (χ2n) is 4.33. The third-order valence-corrected chi connectivity index (χ3v) is 5.01.